The van der Waals surface area contributed by atoms with Gasteiger partial charge in [0.05, 0.1) is 6.42 Å². The number of piperazine rings is 1. The van der Waals surface area contributed by atoms with Gasteiger partial charge in [-0.1, -0.05) is 17.3 Å². The van der Waals surface area contributed by atoms with Crippen LogP contribution in [0.2, 0.25) is 0 Å². The second kappa shape index (κ2) is 7.89. The lowest BCUT2D eigenvalue weighted by Gasteiger charge is -2.36. The molecule has 6 nitrogen and oxygen atoms in total. The van der Waals surface area contributed by atoms with Gasteiger partial charge in [-0.2, -0.15) is 4.98 Å². The molecule has 0 spiro atoms. The molecule has 1 saturated carbocycles. The van der Waals surface area contributed by atoms with E-state index in [0.717, 1.165) is 48.6 Å². The highest BCUT2D eigenvalue weighted by molar-refractivity contribution is 5.79. The molecule has 1 aliphatic heterocycles. The Labute approximate surface area is 174 Å². The van der Waals surface area contributed by atoms with E-state index in [9.17, 15) is 9.18 Å². The zero-order valence-electron chi connectivity index (χ0n) is 16.6. The number of benzene rings is 2. The van der Waals surface area contributed by atoms with E-state index in [2.05, 4.69) is 27.2 Å². The smallest absolute Gasteiger partial charge is 0.230 e. The molecule has 1 aromatic heterocycles. The monoisotopic (exact) mass is 406 g/mol. The fourth-order valence-corrected chi connectivity index (χ4v) is 3.77. The molecular weight excluding hydrogens is 383 g/mol. The highest BCUT2D eigenvalue weighted by Crippen LogP contribution is 2.39. The minimum Gasteiger partial charge on any atom is -0.368 e. The Morgan fingerprint density at radius 3 is 2.37 bits per heavy atom. The van der Waals surface area contributed by atoms with E-state index < -0.39 is 0 Å². The summed E-state index contributed by atoms with van der Waals surface area (Å²) in [5.41, 5.74) is 2.91. The third-order valence-corrected chi connectivity index (χ3v) is 5.76. The predicted octanol–water partition coefficient (Wildman–Crippen LogP) is 3.64. The summed E-state index contributed by atoms with van der Waals surface area (Å²) in [5, 5.41) is 4.09. The molecule has 2 aromatic carbocycles. The van der Waals surface area contributed by atoms with Gasteiger partial charge in [-0.25, -0.2) is 4.39 Å². The molecule has 2 aliphatic rings. The van der Waals surface area contributed by atoms with E-state index in [1.807, 2.05) is 17.0 Å². The summed E-state index contributed by atoms with van der Waals surface area (Å²) in [7, 11) is 0. The summed E-state index contributed by atoms with van der Waals surface area (Å²) in [6.45, 7) is 2.92. The Balaban J connectivity index is 1.17. The van der Waals surface area contributed by atoms with E-state index in [-0.39, 0.29) is 11.7 Å². The Bertz CT molecular complexity index is 1020. The summed E-state index contributed by atoms with van der Waals surface area (Å²) >= 11 is 0. The number of aromatic nitrogens is 2. The first-order valence-corrected chi connectivity index (χ1v) is 10.4. The van der Waals surface area contributed by atoms with Crippen LogP contribution in [0.1, 0.15) is 30.2 Å². The standard InChI is InChI=1S/C23H23FN4O2/c24-19-7-1-16(2-8-19)15-21(29)28-13-11-27(12-14-28)20-9-5-17(6-10-20)22-25-23(30-26-22)18-3-4-18/h1-2,5-10,18H,3-4,11-15H2. The number of anilines is 1. The third kappa shape index (κ3) is 4.06. The van der Waals surface area contributed by atoms with Gasteiger partial charge in [0.1, 0.15) is 5.82 Å². The molecule has 1 amide bonds. The summed E-state index contributed by atoms with van der Waals surface area (Å²) < 4.78 is 18.4. The number of carbonyl (C=O) groups is 1. The normalized spacial score (nSPS) is 16.7. The van der Waals surface area contributed by atoms with Crippen molar-refractivity contribution in [1.82, 2.24) is 15.0 Å². The highest BCUT2D eigenvalue weighted by Gasteiger charge is 2.29. The maximum absolute atomic E-state index is 13.0. The van der Waals surface area contributed by atoms with E-state index in [1.165, 1.54) is 12.1 Å². The molecule has 7 heteroatoms. The van der Waals surface area contributed by atoms with Gasteiger partial charge in [-0.05, 0) is 54.8 Å². The first-order valence-electron chi connectivity index (χ1n) is 10.4. The average Bonchev–Trinajstić information content (AvgIpc) is 3.52. The second-order valence-electron chi connectivity index (χ2n) is 7.95. The molecule has 2 heterocycles. The van der Waals surface area contributed by atoms with Crippen LogP contribution in [-0.2, 0) is 11.2 Å². The summed E-state index contributed by atoms with van der Waals surface area (Å²) in [6.07, 6.45) is 2.58. The summed E-state index contributed by atoms with van der Waals surface area (Å²) in [4.78, 5) is 21.2. The van der Waals surface area contributed by atoms with Gasteiger partial charge in [0, 0.05) is 43.3 Å². The maximum Gasteiger partial charge on any atom is 0.230 e. The molecule has 0 bridgehead atoms. The SMILES string of the molecule is O=C(Cc1ccc(F)cc1)N1CCN(c2ccc(-c3noc(C4CC4)n3)cc2)CC1. The van der Waals surface area contributed by atoms with Crippen molar-refractivity contribution in [2.75, 3.05) is 31.1 Å². The van der Waals surface area contributed by atoms with Crippen LogP contribution in [0.5, 0.6) is 0 Å². The van der Waals surface area contributed by atoms with Crippen LogP contribution in [0.4, 0.5) is 10.1 Å². The average molecular weight is 406 g/mol. The Hall–Kier alpha value is -3.22. The lowest BCUT2D eigenvalue weighted by atomic mass is 10.1. The van der Waals surface area contributed by atoms with Crippen LogP contribution < -0.4 is 4.90 Å². The number of hydrogen-bond donors (Lipinski definition) is 0. The largest absolute Gasteiger partial charge is 0.368 e. The van der Waals surface area contributed by atoms with Gasteiger partial charge in [-0.3, -0.25) is 4.79 Å². The van der Waals surface area contributed by atoms with Gasteiger partial charge in [0.2, 0.25) is 17.6 Å². The van der Waals surface area contributed by atoms with E-state index in [1.54, 1.807) is 12.1 Å². The van der Waals surface area contributed by atoms with Crippen LogP contribution in [0, 0.1) is 5.82 Å². The summed E-state index contributed by atoms with van der Waals surface area (Å²) in [6, 6.07) is 14.3. The molecule has 2 fully saturated rings. The number of amides is 1. The fourth-order valence-electron chi connectivity index (χ4n) is 3.77. The molecule has 0 atom stereocenters. The molecule has 154 valence electrons. The first kappa shape index (κ1) is 18.8. The molecule has 0 N–H and O–H groups in total. The molecule has 0 radical (unpaired) electrons. The zero-order valence-corrected chi connectivity index (χ0v) is 16.6. The van der Waals surface area contributed by atoms with E-state index in [0.29, 0.717) is 31.3 Å². The van der Waals surface area contributed by atoms with Gasteiger partial charge in [0.15, 0.2) is 0 Å². The predicted molar refractivity (Wildman–Crippen MR) is 111 cm³/mol. The van der Waals surface area contributed by atoms with Crippen LogP contribution in [-0.4, -0.2) is 47.1 Å². The van der Waals surface area contributed by atoms with Gasteiger partial charge < -0.3 is 14.3 Å². The van der Waals surface area contributed by atoms with Crippen molar-refractivity contribution >= 4 is 11.6 Å². The maximum atomic E-state index is 13.0. The van der Waals surface area contributed by atoms with Crippen molar-refractivity contribution in [2.24, 2.45) is 0 Å². The Kier molecular flexibility index (Phi) is 4.94. The number of carbonyl (C=O) groups excluding carboxylic acids is 1. The van der Waals surface area contributed by atoms with Gasteiger partial charge in [-0.15, -0.1) is 0 Å². The topological polar surface area (TPSA) is 62.5 Å². The molecular formula is C23H23FN4O2. The molecule has 1 aliphatic carbocycles. The van der Waals surface area contributed by atoms with E-state index in [4.69, 9.17) is 4.52 Å². The molecule has 1 saturated heterocycles. The number of hydrogen-bond acceptors (Lipinski definition) is 5. The van der Waals surface area contributed by atoms with E-state index >= 15 is 0 Å². The van der Waals surface area contributed by atoms with Crippen LogP contribution >= 0.6 is 0 Å². The number of halogens is 1. The van der Waals surface area contributed by atoms with Crippen LogP contribution in [0.3, 0.4) is 0 Å². The van der Waals surface area contributed by atoms with Gasteiger partial charge >= 0.3 is 0 Å². The lowest BCUT2D eigenvalue weighted by molar-refractivity contribution is -0.130. The summed E-state index contributed by atoms with van der Waals surface area (Å²) in [5.74, 6) is 1.64. The molecule has 5 rings (SSSR count). The van der Waals surface area contributed by atoms with Crippen molar-refractivity contribution in [2.45, 2.75) is 25.2 Å². The molecule has 0 unspecified atom stereocenters. The third-order valence-electron chi connectivity index (χ3n) is 5.76. The van der Waals surface area contributed by atoms with Crippen molar-refractivity contribution in [3.8, 4) is 11.4 Å². The van der Waals surface area contributed by atoms with Gasteiger partial charge in [0.25, 0.3) is 0 Å². The highest BCUT2D eigenvalue weighted by atomic mass is 19.1. The van der Waals surface area contributed by atoms with Crippen molar-refractivity contribution in [1.29, 1.82) is 0 Å². The minimum atomic E-state index is -0.284. The zero-order chi connectivity index (χ0) is 20.5. The van der Waals surface area contributed by atoms with Crippen LogP contribution in [0.15, 0.2) is 53.1 Å². The number of rotatable bonds is 5. The lowest BCUT2D eigenvalue weighted by Crippen LogP contribution is -2.49. The van der Waals surface area contributed by atoms with Crippen molar-refractivity contribution in [3.05, 3.63) is 65.8 Å². The molecule has 3 aromatic rings. The molecule has 30 heavy (non-hydrogen) atoms. The first-order chi connectivity index (χ1) is 14.7. The Morgan fingerprint density at radius 2 is 1.70 bits per heavy atom. The van der Waals surface area contributed by atoms with Crippen LogP contribution in [0.25, 0.3) is 11.4 Å². The Morgan fingerprint density at radius 1 is 1.00 bits per heavy atom. The fraction of sp³-hybridized carbons (Fsp3) is 0.348. The second-order valence-corrected chi connectivity index (χ2v) is 7.95. The van der Waals surface area contributed by atoms with Crippen molar-refractivity contribution < 1.29 is 13.7 Å². The quantitative estimate of drug-likeness (QED) is 0.647. The number of nitrogens with zero attached hydrogens (tertiary/aromatic N) is 4. The van der Waals surface area contributed by atoms with Crippen molar-refractivity contribution in [3.63, 3.8) is 0 Å². The minimum absolute atomic E-state index is 0.0835.